The molecule has 3 aliphatic carbocycles. The lowest BCUT2D eigenvalue weighted by Gasteiger charge is -2.64. The van der Waals surface area contributed by atoms with Gasteiger partial charge < -0.3 is 19.8 Å². The second kappa shape index (κ2) is 5.71. The van der Waals surface area contributed by atoms with E-state index in [0.717, 1.165) is 56.8 Å². The summed E-state index contributed by atoms with van der Waals surface area (Å²) >= 11 is 0. The lowest BCUT2D eigenvalue weighted by molar-refractivity contribution is -0.200. The molecule has 7 rings (SSSR count). The van der Waals surface area contributed by atoms with Crippen LogP contribution in [-0.2, 0) is 16.6 Å². The zero-order valence-electron chi connectivity index (χ0n) is 17.3. The molecule has 0 aromatic heterocycles. The molecule has 5 atom stereocenters. The fraction of sp³-hybridized carbons (Fsp3) is 0.708. The highest BCUT2D eigenvalue weighted by Crippen LogP contribution is 2.66. The Morgan fingerprint density at radius 3 is 2.80 bits per heavy atom. The number of aliphatic hydroxyl groups is 1. The minimum atomic E-state index is -0.865. The first-order chi connectivity index (χ1) is 14.5. The molecule has 4 fully saturated rings. The molecule has 2 saturated carbocycles. The molecule has 6 aliphatic rings. The summed E-state index contributed by atoms with van der Waals surface area (Å²) in [6.45, 7) is 2.83. The predicted octanol–water partition coefficient (Wildman–Crippen LogP) is 1.95. The summed E-state index contributed by atoms with van der Waals surface area (Å²) in [5.41, 5.74) is 0.879. The number of benzene rings is 1. The first-order valence-corrected chi connectivity index (χ1v) is 11.8. The number of likely N-dealkylation sites (tertiary alicyclic amines) is 2. The molecule has 1 amide bonds. The highest BCUT2D eigenvalue weighted by atomic mass is 16.5. The predicted molar refractivity (Wildman–Crippen MR) is 110 cm³/mol. The van der Waals surface area contributed by atoms with Crippen LogP contribution in [0.15, 0.2) is 12.1 Å². The Hall–Kier alpha value is -1.79. The SMILES string of the molecule is O=C1CCCN1[C@@H]1CC[C@@]2(O)[C@H]3Cc4ccc(O)c5c4[C@@]2(CCN3CC2CC2)[C@H]1O5. The lowest BCUT2D eigenvalue weighted by Crippen LogP contribution is -2.78. The van der Waals surface area contributed by atoms with Gasteiger partial charge in [-0.25, -0.2) is 0 Å². The number of aromatic hydroxyl groups is 1. The molecular weight excluding hydrogens is 380 g/mol. The minimum absolute atomic E-state index is 0.0198. The molecule has 0 radical (unpaired) electrons. The van der Waals surface area contributed by atoms with Gasteiger partial charge in [-0.1, -0.05) is 6.07 Å². The third-order valence-corrected chi connectivity index (χ3v) is 9.24. The van der Waals surface area contributed by atoms with Crippen LogP contribution in [0.3, 0.4) is 0 Å². The maximum atomic E-state index is 12.6. The topological polar surface area (TPSA) is 73.2 Å². The fourth-order valence-electron chi connectivity index (χ4n) is 7.79. The van der Waals surface area contributed by atoms with E-state index in [1.165, 1.54) is 18.4 Å². The standard InChI is InChI=1S/C24H30N2O4/c27-17-6-5-15-12-18-24(29)8-7-16(26-10-1-2-19(26)28)22-23(24,20(15)21(17)30-22)9-11-25(18)13-14-3-4-14/h5-6,14,16,18,22,27,29H,1-4,7-13H2/t16-,18-,22+,23+,24-/m1/s1. The van der Waals surface area contributed by atoms with Crippen molar-refractivity contribution in [2.45, 2.75) is 80.6 Å². The molecule has 3 heterocycles. The zero-order chi connectivity index (χ0) is 20.3. The van der Waals surface area contributed by atoms with Crippen molar-refractivity contribution in [1.82, 2.24) is 9.80 Å². The van der Waals surface area contributed by atoms with Gasteiger partial charge in [0.25, 0.3) is 0 Å². The van der Waals surface area contributed by atoms with Crippen LogP contribution >= 0.6 is 0 Å². The molecule has 30 heavy (non-hydrogen) atoms. The van der Waals surface area contributed by atoms with Gasteiger partial charge in [-0.3, -0.25) is 9.69 Å². The van der Waals surface area contributed by atoms with E-state index in [9.17, 15) is 15.0 Å². The van der Waals surface area contributed by atoms with E-state index in [1.807, 2.05) is 11.0 Å². The number of hydrogen-bond donors (Lipinski definition) is 2. The number of amides is 1. The molecule has 1 spiro atoms. The number of phenolic OH excluding ortho intramolecular Hbond substituents is 1. The molecule has 2 N–H and O–H groups in total. The third kappa shape index (κ3) is 2.00. The molecule has 1 aromatic carbocycles. The number of piperidine rings is 1. The van der Waals surface area contributed by atoms with Gasteiger partial charge >= 0.3 is 0 Å². The summed E-state index contributed by atoms with van der Waals surface area (Å²) < 4.78 is 6.55. The van der Waals surface area contributed by atoms with Crippen LogP contribution in [0.4, 0.5) is 0 Å². The smallest absolute Gasteiger partial charge is 0.223 e. The minimum Gasteiger partial charge on any atom is -0.504 e. The third-order valence-electron chi connectivity index (χ3n) is 9.24. The fourth-order valence-corrected chi connectivity index (χ4v) is 7.79. The normalized spacial score (nSPS) is 41.7. The molecule has 0 unspecified atom stereocenters. The number of carbonyl (C=O) groups is 1. The van der Waals surface area contributed by atoms with E-state index in [-0.39, 0.29) is 29.8 Å². The molecule has 2 saturated heterocycles. The molecule has 3 aliphatic heterocycles. The van der Waals surface area contributed by atoms with Crippen LogP contribution in [0.5, 0.6) is 11.5 Å². The second-order valence-electron chi connectivity index (χ2n) is 10.6. The highest BCUT2D eigenvalue weighted by Gasteiger charge is 2.73. The molecular formula is C24H30N2O4. The first-order valence-electron chi connectivity index (χ1n) is 11.8. The number of ether oxygens (including phenoxy) is 1. The van der Waals surface area contributed by atoms with Crippen molar-refractivity contribution in [2.24, 2.45) is 5.92 Å². The van der Waals surface area contributed by atoms with Gasteiger partial charge in [-0.05, 0) is 69.0 Å². The summed E-state index contributed by atoms with van der Waals surface area (Å²) in [6.07, 6.45) is 6.98. The molecule has 2 bridgehead atoms. The van der Waals surface area contributed by atoms with Gasteiger partial charge in [0, 0.05) is 31.1 Å². The van der Waals surface area contributed by atoms with E-state index in [0.29, 0.717) is 18.6 Å². The Kier molecular flexibility index (Phi) is 3.40. The van der Waals surface area contributed by atoms with Gasteiger partial charge in [0.1, 0.15) is 6.10 Å². The summed E-state index contributed by atoms with van der Waals surface area (Å²) in [7, 11) is 0. The molecule has 1 aromatic rings. The number of hydrogen-bond acceptors (Lipinski definition) is 5. The Morgan fingerprint density at radius 2 is 2.03 bits per heavy atom. The van der Waals surface area contributed by atoms with Gasteiger partial charge in [0.2, 0.25) is 5.91 Å². The van der Waals surface area contributed by atoms with Crippen molar-refractivity contribution in [3.8, 4) is 11.5 Å². The van der Waals surface area contributed by atoms with E-state index in [4.69, 9.17) is 4.74 Å². The first kappa shape index (κ1) is 17.8. The van der Waals surface area contributed by atoms with Gasteiger partial charge in [0.05, 0.1) is 17.1 Å². The number of rotatable bonds is 3. The molecule has 6 nitrogen and oxygen atoms in total. The van der Waals surface area contributed by atoms with Crippen molar-refractivity contribution < 1.29 is 19.7 Å². The second-order valence-corrected chi connectivity index (χ2v) is 10.6. The van der Waals surface area contributed by atoms with Crippen LogP contribution in [0.2, 0.25) is 0 Å². The summed E-state index contributed by atoms with van der Waals surface area (Å²) in [4.78, 5) is 17.2. The summed E-state index contributed by atoms with van der Waals surface area (Å²) in [5.74, 6) is 1.74. The lowest BCUT2D eigenvalue weighted by atomic mass is 9.48. The van der Waals surface area contributed by atoms with Crippen LogP contribution in [0.25, 0.3) is 0 Å². The largest absolute Gasteiger partial charge is 0.504 e. The van der Waals surface area contributed by atoms with Crippen LogP contribution in [-0.4, -0.2) is 69.3 Å². The van der Waals surface area contributed by atoms with E-state index < -0.39 is 11.0 Å². The summed E-state index contributed by atoms with van der Waals surface area (Å²) in [6, 6.07) is 3.87. The average molecular weight is 411 g/mol. The molecule has 6 heteroatoms. The Balaban J connectivity index is 1.39. The van der Waals surface area contributed by atoms with Gasteiger partial charge in [-0.15, -0.1) is 0 Å². The number of carbonyl (C=O) groups excluding carboxylic acids is 1. The maximum absolute atomic E-state index is 12.6. The highest BCUT2D eigenvalue weighted by molar-refractivity contribution is 5.79. The average Bonchev–Trinajstić information content (AvgIpc) is 3.32. The van der Waals surface area contributed by atoms with Crippen LogP contribution in [0.1, 0.15) is 56.1 Å². The monoisotopic (exact) mass is 410 g/mol. The van der Waals surface area contributed by atoms with E-state index >= 15 is 0 Å². The zero-order valence-corrected chi connectivity index (χ0v) is 17.3. The van der Waals surface area contributed by atoms with Crippen molar-refractivity contribution >= 4 is 5.91 Å². The van der Waals surface area contributed by atoms with Crippen LogP contribution < -0.4 is 4.74 Å². The van der Waals surface area contributed by atoms with Crippen molar-refractivity contribution in [1.29, 1.82) is 0 Å². The molecule has 160 valence electrons. The van der Waals surface area contributed by atoms with Gasteiger partial charge in [0.15, 0.2) is 11.5 Å². The van der Waals surface area contributed by atoms with Crippen molar-refractivity contribution in [3.63, 3.8) is 0 Å². The number of phenols is 1. The Labute approximate surface area is 176 Å². The van der Waals surface area contributed by atoms with E-state index in [1.54, 1.807) is 6.07 Å². The van der Waals surface area contributed by atoms with Crippen LogP contribution in [0, 0.1) is 5.92 Å². The number of nitrogens with zero attached hydrogens (tertiary/aromatic N) is 2. The quantitative estimate of drug-likeness (QED) is 0.797. The Morgan fingerprint density at radius 1 is 1.17 bits per heavy atom. The maximum Gasteiger partial charge on any atom is 0.223 e. The van der Waals surface area contributed by atoms with E-state index in [2.05, 4.69) is 4.90 Å². The van der Waals surface area contributed by atoms with Crippen molar-refractivity contribution in [3.05, 3.63) is 23.3 Å². The van der Waals surface area contributed by atoms with Gasteiger partial charge in [-0.2, -0.15) is 0 Å². The Bertz CT molecular complexity index is 945. The summed E-state index contributed by atoms with van der Waals surface area (Å²) in [5, 5.41) is 23.1. The van der Waals surface area contributed by atoms with Crippen molar-refractivity contribution in [2.75, 3.05) is 19.6 Å².